The van der Waals surface area contributed by atoms with Gasteiger partial charge in [0.25, 0.3) is 5.56 Å². The van der Waals surface area contributed by atoms with Crippen LogP contribution in [0.1, 0.15) is 11.3 Å². The predicted octanol–water partition coefficient (Wildman–Crippen LogP) is 5.84. The van der Waals surface area contributed by atoms with Gasteiger partial charge in [-0.25, -0.2) is 19.3 Å². The molecule has 0 saturated heterocycles. The number of benzene rings is 4. The van der Waals surface area contributed by atoms with Crippen molar-refractivity contribution in [1.82, 2.24) is 20.2 Å². The fourth-order valence-electron chi connectivity index (χ4n) is 4.43. The quantitative estimate of drug-likeness (QED) is 0.236. The number of halogens is 1. The Morgan fingerprint density at radius 3 is 2.50 bits per heavy atom. The number of imidazole rings is 1. The van der Waals surface area contributed by atoms with E-state index in [-0.39, 0.29) is 17.3 Å². The van der Waals surface area contributed by atoms with Gasteiger partial charge >= 0.3 is 6.03 Å². The van der Waals surface area contributed by atoms with Gasteiger partial charge in [0, 0.05) is 23.1 Å². The lowest BCUT2D eigenvalue weighted by Gasteiger charge is -2.09. The van der Waals surface area contributed by atoms with E-state index < -0.39 is 6.03 Å². The molecular formula is C29H21FN6O2. The van der Waals surface area contributed by atoms with E-state index in [1.165, 1.54) is 6.07 Å². The van der Waals surface area contributed by atoms with Crippen LogP contribution < -0.4 is 16.2 Å². The van der Waals surface area contributed by atoms with Crippen molar-refractivity contribution < 1.29 is 9.18 Å². The minimum atomic E-state index is -0.433. The van der Waals surface area contributed by atoms with Gasteiger partial charge in [0.2, 0.25) is 5.95 Å². The molecule has 0 atom stereocenters. The standard InChI is InChI=1S/C29H21FN6O2/c30-23-12-10-17(15-25-20-8-4-5-9-21(20)27(37)36-35-25)14-22(23)18-11-13-24-26(16-18)33-28(32-24)34-29(38)31-19-6-2-1-3-7-19/h1-14,16H,15H2,(H,36,37)(H3,31,32,33,34,38). The minimum Gasteiger partial charge on any atom is -0.324 e. The Labute approximate surface area is 215 Å². The Bertz CT molecular complexity index is 1860. The monoisotopic (exact) mass is 504 g/mol. The number of aromatic amines is 2. The molecule has 186 valence electrons. The van der Waals surface area contributed by atoms with Gasteiger partial charge in [0.05, 0.1) is 22.1 Å². The zero-order valence-electron chi connectivity index (χ0n) is 20.0. The van der Waals surface area contributed by atoms with Crippen LogP contribution in [0, 0.1) is 5.82 Å². The highest BCUT2D eigenvalue weighted by molar-refractivity contribution is 5.99. The lowest BCUT2D eigenvalue weighted by atomic mass is 9.98. The molecular weight excluding hydrogens is 483 g/mol. The third-order valence-corrected chi connectivity index (χ3v) is 6.23. The number of hydrogen-bond acceptors (Lipinski definition) is 4. The number of H-pyrrole nitrogens is 2. The maximum Gasteiger partial charge on any atom is 0.326 e. The average Bonchev–Trinajstić information content (AvgIpc) is 3.33. The molecule has 0 aliphatic rings. The molecule has 0 saturated carbocycles. The van der Waals surface area contributed by atoms with E-state index in [1.807, 2.05) is 30.3 Å². The Balaban J connectivity index is 1.27. The topological polar surface area (TPSA) is 116 Å². The summed E-state index contributed by atoms with van der Waals surface area (Å²) >= 11 is 0. The van der Waals surface area contributed by atoms with Crippen molar-refractivity contribution in [3.8, 4) is 11.1 Å². The van der Waals surface area contributed by atoms with Crippen LogP contribution in [-0.2, 0) is 6.42 Å². The zero-order valence-corrected chi connectivity index (χ0v) is 20.0. The summed E-state index contributed by atoms with van der Waals surface area (Å²) in [5.74, 6) is -0.0978. The van der Waals surface area contributed by atoms with Crippen LogP contribution in [0.4, 0.5) is 20.8 Å². The summed E-state index contributed by atoms with van der Waals surface area (Å²) in [6, 6.07) is 26.2. The Kier molecular flexibility index (Phi) is 5.85. The van der Waals surface area contributed by atoms with Crippen molar-refractivity contribution >= 4 is 39.5 Å². The summed E-state index contributed by atoms with van der Waals surface area (Å²) in [5.41, 5.74) is 4.28. The van der Waals surface area contributed by atoms with Crippen molar-refractivity contribution in [2.45, 2.75) is 6.42 Å². The molecule has 0 bridgehead atoms. The first-order valence-electron chi connectivity index (χ1n) is 11.9. The van der Waals surface area contributed by atoms with Crippen LogP contribution in [0.25, 0.3) is 32.9 Å². The molecule has 4 aromatic carbocycles. The molecule has 6 aromatic rings. The lowest BCUT2D eigenvalue weighted by molar-refractivity contribution is 0.262. The van der Waals surface area contributed by atoms with E-state index in [0.717, 1.165) is 10.9 Å². The minimum absolute atomic E-state index is 0.247. The third kappa shape index (κ3) is 4.60. The number of aromatic nitrogens is 4. The number of nitrogens with zero attached hydrogens (tertiary/aromatic N) is 2. The van der Waals surface area contributed by atoms with Crippen LogP contribution in [0.3, 0.4) is 0 Å². The molecule has 0 spiro atoms. The highest BCUT2D eigenvalue weighted by atomic mass is 19.1. The molecule has 0 radical (unpaired) electrons. The number of para-hydroxylation sites is 1. The molecule has 8 nitrogen and oxygen atoms in total. The zero-order chi connectivity index (χ0) is 26.1. The van der Waals surface area contributed by atoms with Gasteiger partial charge in [-0.2, -0.15) is 5.10 Å². The van der Waals surface area contributed by atoms with Gasteiger partial charge in [-0.05, 0) is 53.6 Å². The summed E-state index contributed by atoms with van der Waals surface area (Å²) in [4.78, 5) is 31.9. The fourth-order valence-corrected chi connectivity index (χ4v) is 4.43. The van der Waals surface area contributed by atoms with Crippen LogP contribution in [0.2, 0.25) is 0 Å². The fraction of sp³-hybridized carbons (Fsp3) is 0.0345. The number of carbonyl (C=O) groups is 1. The van der Waals surface area contributed by atoms with E-state index in [4.69, 9.17) is 0 Å². The Hall–Kier alpha value is -5.31. The molecule has 9 heteroatoms. The van der Waals surface area contributed by atoms with E-state index in [9.17, 15) is 14.0 Å². The van der Waals surface area contributed by atoms with Gasteiger partial charge in [0.1, 0.15) is 5.82 Å². The largest absolute Gasteiger partial charge is 0.326 e. The molecule has 0 fully saturated rings. The van der Waals surface area contributed by atoms with Crippen LogP contribution in [0.15, 0.2) is 95.8 Å². The van der Waals surface area contributed by atoms with E-state index in [2.05, 4.69) is 30.8 Å². The number of fused-ring (bicyclic) bond motifs is 2. The molecule has 2 heterocycles. The predicted molar refractivity (Wildman–Crippen MR) is 146 cm³/mol. The summed E-state index contributed by atoms with van der Waals surface area (Å²) in [6.45, 7) is 0. The Morgan fingerprint density at radius 1 is 0.868 bits per heavy atom. The number of rotatable bonds is 5. The van der Waals surface area contributed by atoms with Crippen molar-refractivity contribution in [2.24, 2.45) is 0 Å². The number of anilines is 2. The van der Waals surface area contributed by atoms with Crippen molar-refractivity contribution in [3.63, 3.8) is 0 Å². The smallest absolute Gasteiger partial charge is 0.324 e. The van der Waals surface area contributed by atoms with Crippen LogP contribution in [-0.4, -0.2) is 26.2 Å². The summed E-state index contributed by atoms with van der Waals surface area (Å²) in [6.07, 6.45) is 0.416. The molecule has 0 aliphatic carbocycles. The highest BCUT2D eigenvalue weighted by Crippen LogP contribution is 2.28. The lowest BCUT2D eigenvalue weighted by Crippen LogP contribution is -2.20. The number of nitrogens with one attached hydrogen (secondary N) is 4. The third-order valence-electron chi connectivity index (χ3n) is 6.23. The van der Waals surface area contributed by atoms with Gasteiger partial charge in [0.15, 0.2) is 0 Å². The molecule has 4 N–H and O–H groups in total. The van der Waals surface area contributed by atoms with E-state index in [0.29, 0.717) is 45.3 Å². The van der Waals surface area contributed by atoms with Crippen molar-refractivity contribution in [2.75, 3.05) is 10.6 Å². The maximum atomic E-state index is 14.9. The second-order valence-electron chi connectivity index (χ2n) is 8.80. The van der Waals surface area contributed by atoms with Gasteiger partial charge in [-0.1, -0.05) is 48.5 Å². The molecule has 38 heavy (non-hydrogen) atoms. The van der Waals surface area contributed by atoms with Gasteiger partial charge in [-0.3, -0.25) is 10.1 Å². The van der Waals surface area contributed by atoms with Crippen molar-refractivity contribution in [3.05, 3.63) is 118 Å². The second-order valence-corrected chi connectivity index (χ2v) is 8.80. The number of amides is 2. The van der Waals surface area contributed by atoms with Crippen LogP contribution in [0.5, 0.6) is 0 Å². The molecule has 6 rings (SSSR count). The normalized spacial score (nSPS) is 11.1. The first-order chi connectivity index (χ1) is 18.5. The summed E-state index contributed by atoms with van der Waals surface area (Å²) in [5, 5.41) is 13.5. The second kappa shape index (κ2) is 9.62. The SMILES string of the molecule is O=C(Nc1ccccc1)Nc1nc2cc(-c3cc(Cc4n[nH]c(=O)c5ccccc45)ccc3F)ccc2[nH]1. The Morgan fingerprint density at radius 2 is 1.66 bits per heavy atom. The average molecular weight is 505 g/mol. The van der Waals surface area contributed by atoms with Crippen molar-refractivity contribution in [1.29, 1.82) is 0 Å². The first kappa shape index (κ1) is 23.1. The number of hydrogen-bond donors (Lipinski definition) is 4. The molecule has 2 amide bonds. The molecule has 2 aromatic heterocycles. The van der Waals surface area contributed by atoms with E-state index in [1.54, 1.807) is 54.6 Å². The maximum absolute atomic E-state index is 14.9. The molecule has 0 unspecified atom stereocenters. The van der Waals surface area contributed by atoms with Crippen LogP contribution >= 0.6 is 0 Å². The van der Waals surface area contributed by atoms with Gasteiger partial charge < -0.3 is 10.3 Å². The highest BCUT2D eigenvalue weighted by Gasteiger charge is 2.13. The number of urea groups is 1. The van der Waals surface area contributed by atoms with E-state index >= 15 is 0 Å². The number of carbonyl (C=O) groups excluding carboxylic acids is 1. The summed E-state index contributed by atoms with van der Waals surface area (Å²) in [7, 11) is 0. The first-order valence-corrected chi connectivity index (χ1v) is 11.9. The molecule has 0 aliphatic heterocycles. The van der Waals surface area contributed by atoms with Gasteiger partial charge in [-0.15, -0.1) is 0 Å². The summed E-state index contributed by atoms with van der Waals surface area (Å²) < 4.78 is 14.9.